The molecule has 1 fully saturated rings. The first-order valence-electron chi connectivity index (χ1n) is 9.49. The van der Waals surface area contributed by atoms with Gasteiger partial charge in [0.25, 0.3) is 5.69 Å². The minimum absolute atomic E-state index is 0.0386. The molecule has 0 spiro atoms. The molecule has 7 heteroatoms. The fourth-order valence-electron chi connectivity index (χ4n) is 3.64. The Balaban J connectivity index is 1.51. The van der Waals surface area contributed by atoms with Crippen LogP contribution in [0.3, 0.4) is 0 Å². The van der Waals surface area contributed by atoms with Gasteiger partial charge >= 0.3 is 0 Å². The first-order chi connectivity index (χ1) is 14.1. The maximum Gasteiger partial charge on any atom is 0.280 e. The Morgan fingerprint density at radius 3 is 2.41 bits per heavy atom. The van der Waals surface area contributed by atoms with Crippen molar-refractivity contribution >= 4 is 17.7 Å². The lowest BCUT2D eigenvalue weighted by atomic mass is 10.1. The second-order valence-corrected chi connectivity index (χ2v) is 7.03. The zero-order chi connectivity index (χ0) is 20.2. The molecule has 0 bridgehead atoms. The van der Waals surface area contributed by atoms with Crippen molar-refractivity contribution in [3.63, 3.8) is 0 Å². The van der Waals surface area contributed by atoms with Crippen LogP contribution in [-0.2, 0) is 6.54 Å². The number of nitro benzene ring substituents is 1. The van der Waals surface area contributed by atoms with E-state index in [0.29, 0.717) is 17.6 Å². The van der Waals surface area contributed by atoms with Gasteiger partial charge in [0.15, 0.2) is 12.0 Å². The smallest absolute Gasteiger partial charge is 0.280 e. The fourth-order valence-corrected chi connectivity index (χ4v) is 3.64. The molecule has 2 heterocycles. The van der Waals surface area contributed by atoms with Gasteiger partial charge in [-0.2, -0.15) is 0 Å². The number of furan rings is 1. The fraction of sp³-hybridized carbons (Fsp3) is 0.227. The van der Waals surface area contributed by atoms with Crippen molar-refractivity contribution in [1.29, 1.82) is 0 Å². The molecule has 0 amide bonds. The molecule has 1 aliphatic rings. The first-order valence-corrected chi connectivity index (χ1v) is 9.49. The van der Waals surface area contributed by atoms with Gasteiger partial charge < -0.3 is 9.32 Å². The second-order valence-electron chi connectivity index (χ2n) is 7.03. The van der Waals surface area contributed by atoms with Crippen molar-refractivity contribution in [1.82, 2.24) is 4.90 Å². The van der Waals surface area contributed by atoms with E-state index in [9.17, 15) is 14.9 Å². The number of anilines is 1. The maximum absolute atomic E-state index is 11.4. The van der Waals surface area contributed by atoms with Crippen molar-refractivity contribution in [2.24, 2.45) is 0 Å². The summed E-state index contributed by atoms with van der Waals surface area (Å²) in [6.07, 6.45) is 0.588. The minimum Gasteiger partial charge on any atom is -0.453 e. The van der Waals surface area contributed by atoms with Crippen LogP contribution in [0.25, 0.3) is 11.3 Å². The third-order valence-electron chi connectivity index (χ3n) is 5.17. The molecular formula is C22H21N3O4. The highest BCUT2D eigenvalue weighted by molar-refractivity contribution is 5.77. The minimum atomic E-state index is -0.431. The van der Waals surface area contributed by atoms with Crippen LogP contribution in [0.2, 0.25) is 0 Å². The van der Waals surface area contributed by atoms with E-state index in [4.69, 9.17) is 4.42 Å². The summed E-state index contributed by atoms with van der Waals surface area (Å²) in [7, 11) is 0. The average molecular weight is 391 g/mol. The highest BCUT2D eigenvalue weighted by Crippen LogP contribution is 2.34. The number of rotatable bonds is 6. The average Bonchev–Trinajstić information content (AvgIpc) is 3.24. The molecule has 1 saturated heterocycles. The Morgan fingerprint density at radius 2 is 1.76 bits per heavy atom. The third kappa shape index (κ3) is 4.20. The summed E-state index contributed by atoms with van der Waals surface area (Å²) in [6.45, 7) is 4.42. The van der Waals surface area contributed by atoms with E-state index in [0.717, 1.165) is 38.4 Å². The second kappa shape index (κ2) is 8.28. The molecule has 148 valence electrons. The molecule has 0 atom stereocenters. The highest BCUT2D eigenvalue weighted by Gasteiger charge is 2.23. The number of piperazine rings is 1. The van der Waals surface area contributed by atoms with Crippen LogP contribution in [0.5, 0.6) is 0 Å². The van der Waals surface area contributed by atoms with Gasteiger partial charge in [0.05, 0.1) is 10.5 Å². The Bertz CT molecular complexity index is 1010. The first kappa shape index (κ1) is 18.9. The summed E-state index contributed by atoms with van der Waals surface area (Å²) in [5, 5.41) is 11.4. The third-order valence-corrected chi connectivity index (χ3v) is 5.17. The van der Waals surface area contributed by atoms with Crippen LogP contribution in [0.4, 0.5) is 11.4 Å². The van der Waals surface area contributed by atoms with E-state index >= 15 is 0 Å². The van der Waals surface area contributed by atoms with Gasteiger partial charge in [-0.25, -0.2) is 0 Å². The van der Waals surface area contributed by atoms with Gasteiger partial charge in [-0.05, 0) is 29.8 Å². The summed E-state index contributed by atoms with van der Waals surface area (Å²) in [6, 6.07) is 18.5. The highest BCUT2D eigenvalue weighted by atomic mass is 16.6. The predicted octanol–water partition coefficient (Wildman–Crippen LogP) is 3.99. The number of carbonyl (C=O) groups excluding carboxylic acids is 1. The Kier molecular flexibility index (Phi) is 5.39. The van der Waals surface area contributed by atoms with E-state index in [-0.39, 0.29) is 11.4 Å². The van der Waals surface area contributed by atoms with Gasteiger partial charge in [0, 0.05) is 44.5 Å². The molecule has 0 saturated carbocycles. The Hall–Kier alpha value is -3.45. The van der Waals surface area contributed by atoms with Crippen molar-refractivity contribution in [3.8, 4) is 11.3 Å². The van der Waals surface area contributed by atoms with Crippen LogP contribution >= 0.6 is 0 Å². The zero-order valence-corrected chi connectivity index (χ0v) is 15.9. The summed E-state index contributed by atoms with van der Waals surface area (Å²) >= 11 is 0. The SMILES string of the molecule is O=Cc1ccc(-c2cc(N3CCN(Cc4ccccc4)CC3)ccc2[N+](=O)[O-])o1. The van der Waals surface area contributed by atoms with Gasteiger partial charge in [-0.1, -0.05) is 30.3 Å². The van der Waals surface area contributed by atoms with E-state index in [1.165, 1.54) is 17.7 Å². The summed E-state index contributed by atoms with van der Waals surface area (Å²) < 4.78 is 5.44. The molecule has 0 radical (unpaired) electrons. The van der Waals surface area contributed by atoms with Gasteiger partial charge in [-0.15, -0.1) is 0 Å². The molecule has 7 nitrogen and oxygen atoms in total. The number of benzene rings is 2. The van der Waals surface area contributed by atoms with Crippen molar-refractivity contribution in [2.75, 3.05) is 31.1 Å². The number of nitro groups is 1. The van der Waals surface area contributed by atoms with Crippen molar-refractivity contribution < 1.29 is 14.1 Å². The topological polar surface area (TPSA) is 79.8 Å². The van der Waals surface area contributed by atoms with E-state index in [1.807, 2.05) is 6.07 Å². The molecule has 0 N–H and O–H groups in total. The van der Waals surface area contributed by atoms with E-state index < -0.39 is 4.92 Å². The number of aldehydes is 1. The number of hydrogen-bond acceptors (Lipinski definition) is 6. The van der Waals surface area contributed by atoms with Crippen molar-refractivity contribution in [3.05, 3.63) is 82.1 Å². The van der Waals surface area contributed by atoms with Crippen LogP contribution < -0.4 is 4.90 Å². The molecular weight excluding hydrogens is 370 g/mol. The lowest BCUT2D eigenvalue weighted by Crippen LogP contribution is -2.45. The Morgan fingerprint density at radius 1 is 1.00 bits per heavy atom. The summed E-state index contributed by atoms with van der Waals surface area (Å²) in [5.41, 5.74) is 2.55. The summed E-state index contributed by atoms with van der Waals surface area (Å²) in [4.78, 5) is 26.5. The molecule has 4 rings (SSSR count). The number of hydrogen-bond donors (Lipinski definition) is 0. The lowest BCUT2D eigenvalue weighted by molar-refractivity contribution is -0.384. The van der Waals surface area contributed by atoms with Crippen molar-refractivity contribution in [2.45, 2.75) is 6.54 Å². The standard InChI is InChI=1S/C22H21N3O4/c26-16-19-7-9-22(29-19)20-14-18(6-8-21(20)25(27)28)24-12-10-23(11-13-24)15-17-4-2-1-3-5-17/h1-9,14,16H,10-13,15H2. The largest absolute Gasteiger partial charge is 0.453 e. The van der Waals surface area contributed by atoms with Gasteiger partial charge in [0.1, 0.15) is 5.76 Å². The van der Waals surface area contributed by atoms with Crippen LogP contribution in [0, 0.1) is 10.1 Å². The van der Waals surface area contributed by atoms with Crippen LogP contribution in [0.15, 0.2) is 65.1 Å². The maximum atomic E-state index is 11.4. The van der Waals surface area contributed by atoms with E-state index in [2.05, 4.69) is 34.1 Å². The molecule has 0 aliphatic carbocycles. The van der Waals surface area contributed by atoms with E-state index in [1.54, 1.807) is 18.2 Å². The van der Waals surface area contributed by atoms with Crippen LogP contribution in [0.1, 0.15) is 16.1 Å². The molecule has 1 aromatic heterocycles. The molecule has 3 aromatic rings. The number of carbonyl (C=O) groups is 1. The quantitative estimate of drug-likeness (QED) is 0.359. The zero-order valence-electron chi connectivity index (χ0n) is 15.9. The monoisotopic (exact) mass is 391 g/mol. The number of nitrogens with zero attached hydrogens (tertiary/aromatic N) is 3. The predicted molar refractivity (Wildman–Crippen MR) is 110 cm³/mol. The van der Waals surface area contributed by atoms with Gasteiger partial charge in [-0.3, -0.25) is 19.8 Å². The molecule has 1 aliphatic heterocycles. The van der Waals surface area contributed by atoms with Crippen LogP contribution in [-0.4, -0.2) is 42.3 Å². The molecule has 2 aromatic carbocycles. The van der Waals surface area contributed by atoms with Gasteiger partial charge in [0.2, 0.25) is 0 Å². The summed E-state index contributed by atoms with van der Waals surface area (Å²) in [5.74, 6) is 0.470. The lowest BCUT2D eigenvalue weighted by Gasteiger charge is -2.36. The normalized spacial score (nSPS) is 14.7. The molecule has 29 heavy (non-hydrogen) atoms. The molecule has 0 unspecified atom stereocenters. The Labute approximate surface area is 168 Å².